The van der Waals surface area contributed by atoms with Crippen molar-refractivity contribution in [3.05, 3.63) is 29.8 Å². The van der Waals surface area contributed by atoms with Crippen molar-refractivity contribution in [3.63, 3.8) is 0 Å². The highest BCUT2D eigenvalue weighted by molar-refractivity contribution is 7.99. The standard InChI is InChI=1S/C14H16N4O2S/c1-10-4-2-5-11(8-10)20-9-12(19)15-13-16-17-14-18(13)6-3-7-21-14/h2,4-5,8H,3,6-7,9H2,1H3,(H,15,16,19). The van der Waals surface area contributed by atoms with Crippen LogP contribution >= 0.6 is 11.8 Å². The maximum Gasteiger partial charge on any atom is 0.264 e. The van der Waals surface area contributed by atoms with Gasteiger partial charge in [-0.15, -0.1) is 10.2 Å². The summed E-state index contributed by atoms with van der Waals surface area (Å²) in [7, 11) is 0. The molecule has 21 heavy (non-hydrogen) atoms. The molecule has 1 N–H and O–H groups in total. The van der Waals surface area contributed by atoms with Crippen LogP contribution < -0.4 is 10.1 Å². The van der Waals surface area contributed by atoms with E-state index in [1.54, 1.807) is 11.8 Å². The van der Waals surface area contributed by atoms with E-state index >= 15 is 0 Å². The number of aromatic nitrogens is 3. The molecule has 0 saturated heterocycles. The van der Waals surface area contributed by atoms with E-state index in [0.29, 0.717) is 11.7 Å². The molecule has 1 aliphatic heterocycles. The molecule has 1 amide bonds. The highest BCUT2D eigenvalue weighted by atomic mass is 32.2. The average Bonchev–Trinajstić information content (AvgIpc) is 2.89. The molecule has 0 atom stereocenters. The molecule has 0 fully saturated rings. The van der Waals surface area contributed by atoms with E-state index < -0.39 is 0 Å². The summed E-state index contributed by atoms with van der Waals surface area (Å²) < 4.78 is 7.40. The molecule has 2 aromatic rings. The third-order valence-electron chi connectivity index (χ3n) is 3.08. The number of nitrogens with zero attached hydrogens (tertiary/aromatic N) is 3. The second-order valence-corrected chi connectivity index (χ2v) is 5.88. The van der Waals surface area contributed by atoms with Crippen molar-refractivity contribution >= 4 is 23.6 Å². The Labute approximate surface area is 126 Å². The fraction of sp³-hybridized carbons (Fsp3) is 0.357. The summed E-state index contributed by atoms with van der Waals surface area (Å²) in [5, 5.41) is 11.7. The largest absolute Gasteiger partial charge is 0.484 e. The molecule has 110 valence electrons. The van der Waals surface area contributed by atoms with Gasteiger partial charge in [-0.3, -0.25) is 14.7 Å². The van der Waals surface area contributed by atoms with Gasteiger partial charge in [-0.2, -0.15) is 0 Å². The topological polar surface area (TPSA) is 69.0 Å². The summed E-state index contributed by atoms with van der Waals surface area (Å²) in [4.78, 5) is 11.9. The second-order valence-electron chi connectivity index (χ2n) is 4.81. The van der Waals surface area contributed by atoms with Gasteiger partial charge in [0.2, 0.25) is 5.95 Å². The summed E-state index contributed by atoms with van der Waals surface area (Å²) in [6, 6.07) is 7.60. The Bertz CT molecular complexity index is 656. The fourth-order valence-electron chi connectivity index (χ4n) is 2.09. The van der Waals surface area contributed by atoms with Crippen molar-refractivity contribution in [3.8, 4) is 5.75 Å². The molecule has 0 saturated carbocycles. The second kappa shape index (κ2) is 6.17. The minimum Gasteiger partial charge on any atom is -0.484 e. The summed E-state index contributed by atoms with van der Waals surface area (Å²) in [5.41, 5.74) is 1.09. The molecule has 1 aliphatic rings. The monoisotopic (exact) mass is 304 g/mol. The molecule has 1 aromatic carbocycles. The lowest BCUT2D eigenvalue weighted by molar-refractivity contribution is -0.118. The predicted molar refractivity (Wildman–Crippen MR) is 80.7 cm³/mol. The number of fused-ring (bicyclic) bond motifs is 1. The Morgan fingerprint density at radius 2 is 2.38 bits per heavy atom. The summed E-state index contributed by atoms with van der Waals surface area (Å²) in [6.45, 7) is 2.77. The van der Waals surface area contributed by atoms with Crippen molar-refractivity contribution in [2.75, 3.05) is 17.7 Å². The van der Waals surface area contributed by atoms with Crippen molar-refractivity contribution in [2.24, 2.45) is 0 Å². The molecule has 2 heterocycles. The zero-order chi connectivity index (χ0) is 14.7. The first kappa shape index (κ1) is 13.9. The van der Waals surface area contributed by atoms with Gasteiger partial charge in [-0.25, -0.2) is 0 Å². The van der Waals surface area contributed by atoms with Gasteiger partial charge in [0.05, 0.1) is 0 Å². The van der Waals surface area contributed by atoms with E-state index in [9.17, 15) is 4.79 Å². The van der Waals surface area contributed by atoms with E-state index in [0.717, 1.165) is 29.4 Å². The van der Waals surface area contributed by atoms with E-state index in [-0.39, 0.29) is 12.5 Å². The number of hydrogen-bond donors (Lipinski definition) is 1. The van der Waals surface area contributed by atoms with E-state index in [4.69, 9.17) is 4.74 Å². The molecule has 0 radical (unpaired) electrons. The summed E-state index contributed by atoms with van der Waals surface area (Å²) in [5.74, 6) is 1.99. The molecule has 0 aliphatic carbocycles. The number of nitrogens with one attached hydrogen (secondary N) is 1. The van der Waals surface area contributed by atoms with Crippen LogP contribution in [0.2, 0.25) is 0 Å². The molecule has 0 unspecified atom stereocenters. The van der Waals surface area contributed by atoms with Gasteiger partial charge in [0.15, 0.2) is 11.8 Å². The van der Waals surface area contributed by atoms with E-state index in [1.807, 2.05) is 35.8 Å². The molecule has 0 bridgehead atoms. The van der Waals surface area contributed by atoms with Crippen molar-refractivity contribution in [2.45, 2.75) is 25.0 Å². The highest BCUT2D eigenvalue weighted by Gasteiger charge is 2.17. The SMILES string of the molecule is Cc1cccc(OCC(=O)Nc2nnc3n2CCCS3)c1. The van der Waals surface area contributed by atoms with Crippen LogP contribution in [0.5, 0.6) is 5.75 Å². The van der Waals surface area contributed by atoms with Crippen LogP contribution in [0.1, 0.15) is 12.0 Å². The lowest BCUT2D eigenvalue weighted by Gasteiger charge is -2.14. The number of carbonyl (C=O) groups excluding carboxylic acids is 1. The molecular formula is C14H16N4O2S. The first-order valence-electron chi connectivity index (χ1n) is 6.78. The van der Waals surface area contributed by atoms with Gasteiger partial charge >= 0.3 is 0 Å². The zero-order valence-electron chi connectivity index (χ0n) is 11.7. The molecule has 7 heteroatoms. The van der Waals surface area contributed by atoms with Gasteiger partial charge in [0, 0.05) is 12.3 Å². The molecule has 3 rings (SSSR count). The number of amides is 1. The molecule has 6 nitrogen and oxygen atoms in total. The number of ether oxygens (including phenoxy) is 1. The van der Waals surface area contributed by atoms with Crippen LogP contribution in [0.15, 0.2) is 29.4 Å². The van der Waals surface area contributed by atoms with Crippen molar-refractivity contribution < 1.29 is 9.53 Å². The minimum atomic E-state index is -0.234. The van der Waals surface area contributed by atoms with Crippen LogP contribution in [-0.2, 0) is 11.3 Å². The number of rotatable bonds is 4. The molecular weight excluding hydrogens is 288 g/mol. The van der Waals surface area contributed by atoms with Crippen LogP contribution in [0.3, 0.4) is 0 Å². The highest BCUT2D eigenvalue weighted by Crippen LogP contribution is 2.25. The Balaban J connectivity index is 1.58. The normalized spacial score (nSPS) is 13.6. The smallest absolute Gasteiger partial charge is 0.264 e. The predicted octanol–water partition coefficient (Wildman–Crippen LogP) is 2.10. The Kier molecular flexibility index (Phi) is 4.10. The summed E-state index contributed by atoms with van der Waals surface area (Å²) in [6.07, 6.45) is 1.05. The van der Waals surface area contributed by atoms with Crippen LogP contribution in [0.25, 0.3) is 0 Å². The molecule has 1 aromatic heterocycles. The van der Waals surface area contributed by atoms with Gasteiger partial charge in [0.1, 0.15) is 5.75 Å². The van der Waals surface area contributed by atoms with Gasteiger partial charge < -0.3 is 4.74 Å². The average molecular weight is 304 g/mol. The lowest BCUT2D eigenvalue weighted by Crippen LogP contribution is -2.23. The third kappa shape index (κ3) is 3.36. The van der Waals surface area contributed by atoms with E-state index in [2.05, 4.69) is 15.5 Å². The maximum atomic E-state index is 11.9. The number of anilines is 1. The van der Waals surface area contributed by atoms with E-state index in [1.165, 1.54) is 0 Å². The Morgan fingerprint density at radius 3 is 3.24 bits per heavy atom. The minimum absolute atomic E-state index is 0.0429. The van der Waals surface area contributed by atoms with Crippen LogP contribution in [0, 0.1) is 6.92 Å². The number of thioether (sulfide) groups is 1. The Morgan fingerprint density at radius 1 is 1.48 bits per heavy atom. The van der Waals surface area contributed by atoms with Gasteiger partial charge in [-0.05, 0) is 31.0 Å². The third-order valence-corrected chi connectivity index (χ3v) is 4.14. The quantitative estimate of drug-likeness (QED) is 0.937. The van der Waals surface area contributed by atoms with Crippen LogP contribution in [-0.4, -0.2) is 33.0 Å². The zero-order valence-corrected chi connectivity index (χ0v) is 12.5. The maximum absolute atomic E-state index is 11.9. The number of aryl methyl sites for hydroxylation is 1. The van der Waals surface area contributed by atoms with Crippen molar-refractivity contribution in [1.29, 1.82) is 0 Å². The number of carbonyl (C=O) groups is 1. The van der Waals surface area contributed by atoms with Crippen molar-refractivity contribution in [1.82, 2.24) is 14.8 Å². The van der Waals surface area contributed by atoms with Crippen LogP contribution in [0.4, 0.5) is 5.95 Å². The lowest BCUT2D eigenvalue weighted by atomic mass is 10.2. The Hall–Kier alpha value is -2.02. The molecule has 0 spiro atoms. The van der Waals surface area contributed by atoms with Gasteiger partial charge in [-0.1, -0.05) is 23.9 Å². The first-order chi connectivity index (χ1) is 10.2. The number of benzene rings is 1. The fourth-order valence-corrected chi connectivity index (χ4v) is 2.98. The number of hydrogen-bond acceptors (Lipinski definition) is 5. The first-order valence-corrected chi connectivity index (χ1v) is 7.76. The van der Waals surface area contributed by atoms with Gasteiger partial charge in [0.25, 0.3) is 5.91 Å². The summed E-state index contributed by atoms with van der Waals surface area (Å²) >= 11 is 1.66.